The lowest BCUT2D eigenvalue weighted by Gasteiger charge is -2.27. The predicted molar refractivity (Wildman–Crippen MR) is 63.5 cm³/mol. The van der Waals surface area contributed by atoms with Gasteiger partial charge in [-0.15, -0.1) is 0 Å². The van der Waals surface area contributed by atoms with Gasteiger partial charge in [0.2, 0.25) is 0 Å². The standard InChI is InChI=1S/C14H16F2O2/c1-2-18-14(7-3-4-8-14)13(17)10-5-6-11(15)12(16)9-10/h5-6,9H,2-4,7-8H2,1H3. The molecule has 98 valence electrons. The van der Waals surface area contributed by atoms with Crippen molar-refractivity contribution < 1.29 is 18.3 Å². The molecule has 0 amide bonds. The van der Waals surface area contributed by atoms with Gasteiger partial charge in [-0.3, -0.25) is 4.79 Å². The van der Waals surface area contributed by atoms with E-state index in [2.05, 4.69) is 0 Å². The molecule has 1 fully saturated rings. The van der Waals surface area contributed by atoms with Gasteiger partial charge in [0.15, 0.2) is 17.4 Å². The number of rotatable bonds is 4. The first-order chi connectivity index (χ1) is 8.59. The van der Waals surface area contributed by atoms with Crippen LogP contribution >= 0.6 is 0 Å². The molecular formula is C14H16F2O2. The Balaban J connectivity index is 2.30. The highest BCUT2D eigenvalue weighted by Crippen LogP contribution is 2.36. The summed E-state index contributed by atoms with van der Waals surface area (Å²) < 4.78 is 31.6. The van der Waals surface area contributed by atoms with Crippen LogP contribution in [-0.4, -0.2) is 18.0 Å². The molecule has 0 N–H and O–H groups in total. The molecule has 1 saturated carbocycles. The van der Waals surface area contributed by atoms with Crippen LogP contribution in [0, 0.1) is 11.6 Å². The molecule has 0 aromatic heterocycles. The van der Waals surface area contributed by atoms with Gasteiger partial charge in [0.1, 0.15) is 5.60 Å². The number of halogens is 2. The quantitative estimate of drug-likeness (QED) is 0.769. The summed E-state index contributed by atoms with van der Waals surface area (Å²) >= 11 is 0. The van der Waals surface area contributed by atoms with Crippen LogP contribution in [0.2, 0.25) is 0 Å². The maximum absolute atomic E-state index is 13.2. The number of carbonyl (C=O) groups is 1. The summed E-state index contributed by atoms with van der Waals surface area (Å²) in [6, 6.07) is 3.26. The Morgan fingerprint density at radius 3 is 2.50 bits per heavy atom. The van der Waals surface area contributed by atoms with Crippen molar-refractivity contribution in [2.24, 2.45) is 0 Å². The maximum atomic E-state index is 13.2. The van der Waals surface area contributed by atoms with E-state index in [0.717, 1.165) is 25.0 Å². The largest absolute Gasteiger partial charge is 0.367 e. The van der Waals surface area contributed by atoms with E-state index in [1.807, 2.05) is 6.92 Å². The first kappa shape index (κ1) is 13.1. The lowest BCUT2D eigenvalue weighted by molar-refractivity contribution is -0.0164. The second-order valence-corrected chi connectivity index (χ2v) is 4.59. The Hall–Kier alpha value is -1.29. The van der Waals surface area contributed by atoms with Gasteiger partial charge in [0.05, 0.1) is 0 Å². The molecule has 2 nitrogen and oxygen atoms in total. The second-order valence-electron chi connectivity index (χ2n) is 4.59. The second kappa shape index (κ2) is 5.14. The third-order valence-corrected chi connectivity index (χ3v) is 3.43. The van der Waals surface area contributed by atoms with Crippen molar-refractivity contribution in [3.8, 4) is 0 Å². The topological polar surface area (TPSA) is 26.3 Å². The zero-order valence-electron chi connectivity index (χ0n) is 10.3. The van der Waals surface area contributed by atoms with Crippen LogP contribution in [0.4, 0.5) is 8.78 Å². The fraction of sp³-hybridized carbons (Fsp3) is 0.500. The van der Waals surface area contributed by atoms with Crippen molar-refractivity contribution in [2.45, 2.75) is 38.2 Å². The lowest BCUT2D eigenvalue weighted by atomic mass is 9.91. The Kier molecular flexibility index (Phi) is 3.76. The lowest BCUT2D eigenvalue weighted by Crippen LogP contribution is -2.39. The van der Waals surface area contributed by atoms with Crippen LogP contribution in [0.3, 0.4) is 0 Å². The summed E-state index contributed by atoms with van der Waals surface area (Å²) in [6.45, 7) is 2.27. The minimum Gasteiger partial charge on any atom is -0.367 e. The van der Waals surface area contributed by atoms with Gasteiger partial charge in [0, 0.05) is 12.2 Å². The summed E-state index contributed by atoms with van der Waals surface area (Å²) in [5.41, 5.74) is -0.650. The highest BCUT2D eigenvalue weighted by atomic mass is 19.2. The van der Waals surface area contributed by atoms with Gasteiger partial charge >= 0.3 is 0 Å². The highest BCUT2D eigenvalue weighted by molar-refractivity contribution is 6.02. The number of hydrogen-bond acceptors (Lipinski definition) is 2. The van der Waals surface area contributed by atoms with Crippen molar-refractivity contribution in [1.29, 1.82) is 0 Å². The third kappa shape index (κ3) is 2.29. The van der Waals surface area contributed by atoms with E-state index in [1.54, 1.807) is 0 Å². The Bertz CT molecular complexity index is 451. The van der Waals surface area contributed by atoms with Gasteiger partial charge in [-0.05, 0) is 50.8 Å². The van der Waals surface area contributed by atoms with Crippen molar-refractivity contribution >= 4 is 5.78 Å². The zero-order chi connectivity index (χ0) is 13.2. The fourth-order valence-electron chi connectivity index (χ4n) is 2.56. The van der Waals surface area contributed by atoms with Gasteiger partial charge in [-0.1, -0.05) is 0 Å². The molecule has 0 radical (unpaired) electrons. The number of ketones is 1. The molecule has 1 aromatic rings. The van der Waals surface area contributed by atoms with Crippen LogP contribution in [-0.2, 0) is 4.74 Å². The molecule has 1 aliphatic rings. The SMILES string of the molecule is CCOC1(C(=O)c2ccc(F)c(F)c2)CCCC1. The number of ether oxygens (including phenoxy) is 1. The van der Waals surface area contributed by atoms with Crippen molar-refractivity contribution in [1.82, 2.24) is 0 Å². The van der Waals surface area contributed by atoms with Gasteiger partial charge in [-0.2, -0.15) is 0 Å². The van der Waals surface area contributed by atoms with Crippen molar-refractivity contribution in [3.63, 3.8) is 0 Å². The average Bonchev–Trinajstić information content (AvgIpc) is 2.82. The third-order valence-electron chi connectivity index (χ3n) is 3.43. The van der Waals surface area contributed by atoms with Crippen LogP contribution in [0.25, 0.3) is 0 Å². The Morgan fingerprint density at radius 1 is 1.28 bits per heavy atom. The number of Topliss-reactive ketones (excluding diaryl/α,β-unsaturated/α-hetero) is 1. The molecule has 0 unspecified atom stereocenters. The summed E-state index contributed by atoms with van der Waals surface area (Å²) in [6.07, 6.45) is 3.15. The minimum atomic E-state index is -0.995. The molecule has 0 spiro atoms. The first-order valence-electron chi connectivity index (χ1n) is 6.23. The molecule has 2 rings (SSSR count). The number of benzene rings is 1. The first-order valence-corrected chi connectivity index (χ1v) is 6.23. The molecule has 18 heavy (non-hydrogen) atoms. The van der Waals surface area contributed by atoms with E-state index in [0.29, 0.717) is 19.4 Å². The van der Waals surface area contributed by atoms with Crippen LogP contribution < -0.4 is 0 Å². The predicted octanol–water partition coefficient (Wildman–Crippen LogP) is 3.50. The van der Waals surface area contributed by atoms with Crippen LogP contribution in [0.5, 0.6) is 0 Å². The van der Waals surface area contributed by atoms with E-state index in [-0.39, 0.29) is 11.3 Å². The summed E-state index contributed by atoms with van der Waals surface area (Å²) in [4.78, 5) is 12.4. The van der Waals surface area contributed by atoms with E-state index < -0.39 is 17.2 Å². The highest BCUT2D eigenvalue weighted by Gasteiger charge is 2.42. The molecule has 1 aromatic carbocycles. The molecule has 4 heteroatoms. The molecular weight excluding hydrogens is 238 g/mol. The monoisotopic (exact) mass is 254 g/mol. The molecule has 1 aliphatic carbocycles. The van der Waals surface area contributed by atoms with Gasteiger partial charge in [0.25, 0.3) is 0 Å². The van der Waals surface area contributed by atoms with E-state index in [4.69, 9.17) is 4.74 Å². The summed E-state index contributed by atoms with van der Waals surface area (Å²) in [7, 11) is 0. The molecule has 0 heterocycles. The normalized spacial score (nSPS) is 17.9. The van der Waals surface area contributed by atoms with E-state index >= 15 is 0 Å². The van der Waals surface area contributed by atoms with Crippen molar-refractivity contribution in [3.05, 3.63) is 35.4 Å². The smallest absolute Gasteiger partial charge is 0.194 e. The van der Waals surface area contributed by atoms with Gasteiger partial charge in [-0.25, -0.2) is 8.78 Å². The van der Waals surface area contributed by atoms with E-state index in [9.17, 15) is 13.6 Å². The molecule has 0 saturated heterocycles. The number of carbonyl (C=O) groups excluding carboxylic acids is 1. The van der Waals surface area contributed by atoms with Gasteiger partial charge < -0.3 is 4.74 Å². The average molecular weight is 254 g/mol. The minimum absolute atomic E-state index is 0.184. The summed E-state index contributed by atoms with van der Waals surface area (Å²) in [5.74, 6) is -2.17. The Morgan fingerprint density at radius 2 is 1.94 bits per heavy atom. The summed E-state index contributed by atoms with van der Waals surface area (Å²) in [5, 5.41) is 0. The molecule has 0 aliphatic heterocycles. The maximum Gasteiger partial charge on any atom is 0.194 e. The van der Waals surface area contributed by atoms with E-state index in [1.165, 1.54) is 6.07 Å². The molecule has 0 bridgehead atoms. The molecule has 0 atom stereocenters. The number of hydrogen-bond donors (Lipinski definition) is 0. The zero-order valence-corrected chi connectivity index (χ0v) is 10.3. The van der Waals surface area contributed by atoms with Crippen LogP contribution in [0.15, 0.2) is 18.2 Å². The van der Waals surface area contributed by atoms with Crippen molar-refractivity contribution in [2.75, 3.05) is 6.61 Å². The fourth-order valence-corrected chi connectivity index (χ4v) is 2.56. The van der Waals surface area contributed by atoms with Crippen LogP contribution in [0.1, 0.15) is 43.0 Å². The Labute approximate surface area is 105 Å².